The Morgan fingerprint density at radius 1 is 1.07 bits per heavy atom. The summed E-state index contributed by atoms with van der Waals surface area (Å²) in [5.74, 6) is -2.57. The molecule has 2 N–H and O–H groups in total. The Morgan fingerprint density at radius 3 is 2.40 bits per heavy atom. The van der Waals surface area contributed by atoms with Crippen LogP contribution < -0.4 is 20.3 Å². The number of para-hydroxylation sites is 2. The van der Waals surface area contributed by atoms with Gasteiger partial charge in [0.2, 0.25) is 17.7 Å². The zero-order chi connectivity index (χ0) is 21.8. The molecular weight excluding hydrogens is 390 g/mol. The van der Waals surface area contributed by atoms with Gasteiger partial charge in [0.15, 0.2) is 18.1 Å². The van der Waals surface area contributed by atoms with Crippen molar-refractivity contribution in [3.8, 4) is 11.5 Å². The zero-order valence-corrected chi connectivity index (χ0v) is 17.3. The van der Waals surface area contributed by atoms with E-state index in [1.54, 1.807) is 24.3 Å². The van der Waals surface area contributed by atoms with Crippen molar-refractivity contribution < 1.29 is 28.7 Å². The van der Waals surface area contributed by atoms with Crippen LogP contribution in [0, 0.1) is 23.7 Å². The monoisotopic (exact) mass is 417 g/mol. The van der Waals surface area contributed by atoms with E-state index in [1.165, 1.54) is 7.05 Å². The number of carbonyl (C=O) groups excluding carboxylic acids is 4. The van der Waals surface area contributed by atoms with Crippen molar-refractivity contribution in [3.63, 3.8) is 0 Å². The molecule has 0 radical (unpaired) electrons. The van der Waals surface area contributed by atoms with Crippen molar-refractivity contribution in [2.45, 2.75) is 26.7 Å². The van der Waals surface area contributed by atoms with Gasteiger partial charge in [-0.3, -0.25) is 34.9 Å². The van der Waals surface area contributed by atoms with Gasteiger partial charge in [0, 0.05) is 7.05 Å². The van der Waals surface area contributed by atoms with Gasteiger partial charge < -0.3 is 9.47 Å². The lowest BCUT2D eigenvalue weighted by Crippen LogP contribution is -2.51. The molecule has 162 valence electrons. The lowest BCUT2D eigenvalue weighted by molar-refractivity contribution is -0.142. The average molecular weight is 417 g/mol. The molecule has 1 aliphatic carbocycles. The molecule has 3 rings (SSSR count). The molecule has 2 aliphatic rings. The van der Waals surface area contributed by atoms with Gasteiger partial charge in [-0.2, -0.15) is 0 Å². The van der Waals surface area contributed by atoms with Gasteiger partial charge >= 0.3 is 0 Å². The predicted octanol–water partition coefficient (Wildman–Crippen LogP) is 0.889. The Labute approximate surface area is 175 Å². The van der Waals surface area contributed by atoms with Crippen LogP contribution in [0.1, 0.15) is 26.7 Å². The molecule has 4 atom stereocenters. The summed E-state index contributed by atoms with van der Waals surface area (Å²) in [6.45, 7) is 3.86. The zero-order valence-electron chi connectivity index (χ0n) is 17.3. The molecule has 0 unspecified atom stereocenters. The number of rotatable bonds is 6. The molecular formula is C21H27N3O6. The number of nitrogens with one attached hydrogen (secondary N) is 2. The number of carbonyl (C=O) groups is 4. The molecule has 4 amide bonds. The summed E-state index contributed by atoms with van der Waals surface area (Å²) < 4.78 is 10.9. The third-order valence-corrected chi connectivity index (χ3v) is 5.77. The number of fused-ring (bicyclic) bond motifs is 1. The van der Waals surface area contributed by atoms with Crippen molar-refractivity contribution in [2.24, 2.45) is 23.7 Å². The van der Waals surface area contributed by atoms with E-state index in [0.29, 0.717) is 30.9 Å². The molecule has 1 aromatic rings. The summed E-state index contributed by atoms with van der Waals surface area (Å²) in [5, 5.41) is 0. The first-order valence-electron chi connectivity index (χ1n) is 10.1. The van der Waals surface area contributed by atoms with Crippen LogP contribution in [0.4, 0.5) is 0 Å². The number of hydrazine groups is 1. The summed E-state index contributed by atoms with van der Waals surface area (Å²) in [6.07, 6.45) is 1.25. The number of ether oxygens (including phenoxy) is 2. The van der Waals surface area contributed by atoms with Gasteiger partial charge in [-0.1, -0.05) is 19.1 Å². The highest BCUT2D eigenvalue weighted by Crippen LogP contribution is 2.44. The number of benzene rings is 1. The number of amides is 4. The normalized spacial score (nSPS) is 25.5. The van der Waals surface area contributed by atoms with Crippen molar-refractivity contribution in [2.75, 3.05) is 20.3 Å². The third kappa shape index (κ3) is 4.24. The Balaban J connectivity index is 1.56. The van der Waals surface area contributed by atoms with E-state index in [4.69, 9.17) is 9.47 Å². The number of nitrogens with zero attached hydrogens (tertiary/aromatic N) is 1. The molecule has 30 heavy (non-hydrogen) atoms. The van der Waals surface area contributed by atoms with Gasteiger partial charge in [-0.25, -0.2) is 0 Å². The van der Waals surface area contributed by atoms with E-state index >= 15 is 0 Å². The number of imide groups is 1. The first kappa shape index (κ1) is 21.6. The molecule has 1 heterocycles. The smallest absolute Gasteiger partial charge is 0.276 e. The molecule has 1 aliphatic heterocycles. The van der Waals surface area contributed by atoms with Crippen LogP contribution in [0.5, 0.6) is 11.5 Å². The summed E-state index contributed by atoms with van der Waals surface area (Å²) >= 11 is 0. The number of hydrogen-bond acceptors (Lipinski definition) is 6. The Hall–Kier alpha value is -3.10. The topological polar surface area (TPSA) is 114 Å². The Morgan fingerprint density at radius 2 is 1.73 bits per heavy atom. The SMILES string of the molecule is CCOc1ccccc1OCC(=O)NNC(=O)[C@H]1[C@@H]2C(=O)N(C)C(=O)[C@@H]2CC[C@@H]1C. The largest absolute Gasteiger partial charge is 0.490 e. The predicted molar refractivity (Wildman–Crippen MR) is 106 cm³/mol. The maximum absolute atomic E-state index is 12.8. The lowest BCUT2D eigenvalue weighted by Gasteiger charge is -2.34. The third-order valence-electron chi connectivity index (χ3n) is 5.77. The molecule has 0 aromatic heterocycles. The summed E-state index contributed by atoms with van der Waals surface area (Å²) in [6, 6.07) is 6.97. The van der Waals surface area contributed by atoms with Gasteiger partial charge in [0.25, 0.3) is 5.91 Å². The maximum Gasteiger partial charge on any atom is 0.276 e. The summed E-state index contributed by atoms with van der Waals surface area (Å²) in [7, 11) is 1.45. The van der Waals surface area contributed by atoms with Crippen LogP contribution in [0.25, 0.3) is 0 Å². The minimum absolute atomic E-state index is 0.0827. The highest BCUT2D eigenvalue weighted by Gasteiger charge is 2.55. The highest BCUT2D eigenvalue weighted by atomic mass is 16.5. The van der Waals surface area contributed by atoms with E-state index in [1.807, 2.05) is 13.8 Å². The molecule has 0 bridgehead atoms. The van der Waals surface area contributed by atoms with Gasteiger partial charge in [0.1, 0.15) is 0 Å². The van der Waals surface area contributed by atoms with Crippen LogP contribution in [0.2, 0.25) is 0 Å². The second kappa shape index (κ2) is 9.15. The maximum atomic E-state index is 12.8. The molecule has 9 nitrogen and oxygen atoms in total. The Bertz CT molecular complexity index is 842. The fourth-order valence-corrected chi connectivity index (χ4v) is 4.25. The minimum atomic E-state index is -0.683. The fraction of sp³-hybridized carbons (Fsp3) is 0.524. The van der Waals surface area contributed by atoms with E-state index in [2.05, 4.69) is 10.9 Å². The van der Waals surface area contributed by atoms with Crippen LogP contribution in [-0.2, 0) is 19.2 Å². The molecule has 1 aromatic carbocycles. The van der Waals surface area contributed by atoms with Crippen molar-refractivity contribution in [1.82, 2.24) is 15.8 Å². The molecule has 1 saturated carbocycles. The van der Waals surface area contributed by atoms with E-state index in [-0.39, 0.29) is 24.3 Å². The highest BCUT2D eigenvalue weighted by molar-refractivity contribution is 6.07. The molecule has 0 spiro atoms. The van der Waals surface area contributed by atoms with Crippen molar-refractivity contribution in [3.05, 3.63) is 24.3 Å². The molecule has 1 saturated heterocycles. The van der Waals surface area contributed by atoms with Gasteiger partial charge in [0.05, 0.1) is 24.4 Å². The van der Waals surface area contributed by atoms with E-state index in [0.717, 1.165) is 4.90 Å². The van der Waals surface area contributed by atoms with Gasteiger partial charge in [-0.15, -0.1) is 0 Å². The second-order valence-electron chi connectivity index (χ2n) is 7.65. The van der Waals surface area contributed by atoms with Gasteiger partial charge in [-0.05, 0) is 37.8 Å². The van der Waals surface area contributed by atoms with Crippen molar-refractivity contribution >= 4 is 23.6 Å². The first-order chi connectivity index (χ1) is 14.3. The Kier molecular flexibility index (Phi) is 6.59. The average Bonchev–Trinajstić information content (AvgIpc) is 2.95. The molecule has 9 heteroatoms. The quantitative estimate of drug-likeness (QED) is 0.525. The van der Waals surface area contributed by atoms with Crippen LogP contribution in [0.3, 0.4) is 0 Å². The van der Waals surface area contributed by atoms with E-state index < -0.39 is 29.6 Å². The fourth-order valence-electron chi connectivity index (χ4n) is 4.25. The number of hydrogen-bond donors (Lipinski definition) is 2. The van der Waals surface area contributed by atoms with Crippen LogP contribution in [-0.4, -0.2) is 48.8 Å². The standard InChI is InChI=1S/C21H27N3O6/c1-4-29-14-7-5-6-8-15(14)30-11-16(25)22-23-19(26)17-12(2)9-10-13-18(17)21(28)24(3)20(13)27/h5-8,12-13,17-18H,4,9-11H2,1-3H3,(H,22,25)(H,23,26)/t12-,13+,17+,18+/m0/s1. The first-order valence-corrected chi connectivity index (χ1v) is 10.1. The summed E-state index contributed by atoms with van der Waals surface area (Å²) in [5.41, 5.74) is 4.71. The second-order valence-corrected chi connectivity index (χ2v) is 7.65. The van der Waals surface area contributed by atoms with Crippen LogP contribution in [0.15, 0.2) is 24.3 Å². The number of likely N-dealkylation sites (tertiary alicyclic amines) is 1. The summed E-state index contributed by atoms with van der Waals surface area (Å²) in [4.78, 5) is 50.8. The van der Waals surface area contributed by atoms with E-state index in [9.17, 15) is 19.2 Å². The molecule has 2 fully saturated rings. The van der Waals surface area contributed by atoms with Crippen molar-refractivity contribution in [1.29, 1.82) is 0 Å². The minimum Gasteiger partial charge on any atom is -0.490 e. The lowest BCUT2D eigenvalue weighted by atomic mass is 9.68. The van der Waals surface area contributed by atoms with Crippen LogP contribution >= 0.6 is 0 Å².